The average Bonchev–Trinajstić information content (AvgIpc) is 2.61. The third kappa shape index (κ3) is 1.84. The molecule has 1 aromatic carbocycles. The van der Waals surface area contributed by atoms with Gasteiger partial charge in [-0.3, -0.25) is 0 Å². The smallest absolute Gasteiger partial charge is 0.338 e. The molecule has 0 bridgehead atoms. The van der Waals surface area contributed by atoms with E-state index in [2.05, 4.69) is 21.2 Å². The number of carbonyl (C=O) groups is 1. The largest absolute Gasteiger partial charge is 0.478 e. The van der Waals surface area contributed by atoms with Crippen LogP contribution in [0.2, 0.25) is 0 Å². The molecule has 0 amide bonds. The van der Waals surface area contributed by atoms with Crippen LogP contribution < -0.4 is 5.32 Å². The van der Waals surface area contributed by atoms with E-state index in [0.29, 0.717) is 5.56 Å². The van der Waals surface area contributed by atoms with Crippen molar-refractivity contribution in [2.24, 2.45) is 0 Å². The highest BCUT2D eigenvalue weighted by molar-refractivity contribution is 9.10. The van der Waals surface area contributed by atoms with E-state index in [1.807, 2.05) is 25.1 Å². The van der Waals surface area contributed by atoms with Crippen LogP contribution in [0.1, 0.15) is 15.2 Å². The van der Waals surface area contributed by atoms with Crippen molar-refractivity contribution < 1.29 is 9.90 Å². The van der Waals surface area contributed by atoms with Crippen LogP contribution in [0, 0.1) is 6.92 Å². The molecule has 0 atom stereocenters. The third-order valence-electron chi connectivity index (χ3n) is 2.67. The molecule has 1 aliphatic heterocycles. The Labute approximate surface area is 120 Å². The van der Waals surface area contributed by atoms with Gasteiger partial charge in [0, 0.05) is 14.2 Å². The molecule has 0 radical (unpaired) electrons. The van der Waals surface area contributed by atoms with Gasteiger partial charge in [0.25, 0.3) is 0 Å². The predicted octanol–water partition coefficient (Wildman–Crippen LogP) is 4.73. The maximum Gasteiger partial charge on any atom is 0.338 e. The van der Waals surface area contributed by atoms with Gasteiger partial charge in [-0.25, -0.2) is 4.79 Å². The minimum atomic E-state index is -0.878. The van der Waals surface area contributed by atoms with Gasteiger partial charge in [-0.15, -0.1) is 11.3 Å². The monoisotopic (exact) mass is 341 g/mol. The van der Waals surface area contributed by atoms with E-state index < -0.39 is 5.97 Å². The number of anilines is 2. The van der Waals surface area contributed by atoms with E-state index in [1.165, 1.54) is 11.3 Å². The molecule has 0 fully saturated rings. The average molecular weight is 342 g/mol. The quantitative estimate of drug-likeness (QED) is 0.672. The van der Waals surface area contributed by atoms with E-state index in [4.69, 9.17) is 0 Å². The van der Waals surface area contributed by atoms with E-state index in [0.717, 1.165) is 29.8 Å². The number of nitrogens with one attached hydrogen (secondary N) is 1. The number of aryl methyl sites for hydroxylation is 1. The van der Waals surface area contributed by atoms with Crippen LogP contribution in [-0.2, 0) is 0 Å². The lowest BCUT2D eigenvalue weighted by Gasteiger charge is -2.18. The van der Waals surface area contributed by atoms with Crippen molar-refractivity contribution in [3.63, 3.8) is 0 Å². The van der Waals surface area contributed by atoms with Crippen LogP contribution in [0.3, 0.4) is 0 Å². The minimum absolute atomic E-state index is 0.383. The Morgan fingerprint density at radius 2 is 2.22 bits per heavy atom. The molecule has 2 aromatic rings. The summed E-state index contributed by atoms with van der Waals surface area (Å²) >= 11 is 6.56. The van der Waals surface area contributed by atoms with Crippen LogP contribution in [0.25, 0.3) is 0 Å². The number of carboxylic acids is 1. The molecule has 0 saturated heterocycles. The van der Waals surface area contributed by atoms with E-state index in [1.54, 1.807) is 11.8 Å². The van der Waals surface area contributed by atoms with E-state index in [-0.39, 0.29) is 0 Å². The summed E-state index contributed by atoms with van der Waals surface area (Å²) in [5.74, 6) is -0.878. The van der Waals surface area contributed by atoms with Gasteiger partial charge < -0.3 is 10.4 Å². The molecule has 3 nitrogen and oxygen atoms in total. The summed E-state index contributed by atoms with van der Waals surface area (Å²) in [5.41, 5.74) is 2.05. The zero-order valence-corrected chi connectivity index (χ0v) is 12.5. The second-order valence-corrected chi connectivity index (χ2v) is 7.32. The number of hydrogen-bond acceptors (Lipinski definition) is 4. The first-order valence-electron chi connectivity index (χ1n) is 5.17. The number of thiophene rings is 1. The number of rotatable bonds is 1. The van der Waals surface area contributed by atoms with Crippen molar-refractivity contribution in [3.8, 4) is 0 Å². The summed E-state index contributed by atoms with van der Waals surface area (Å²) in [7, 11) is 0. The number of hydrogen-bond donors (Lipinski definition) is 2. The van der Waals surface area contributed by atoms with Crippen LogP contribution in [0.15, 0.2) is 31.8 Å². The Morgan fingerprint density at radius 1 is 1.44 bits per heavy atom. The molecular weight excluding hydrogens is 334 g/mol. The lowest BCUT2D eigenvalue weighted by molar-refractivity contribution is 0.0698. The number of fused-ring (bicyclic) bond motifs is 2. The Kier molecular flexibility index (Phi) is 2.88. The van der Waals surface area contributed by atoms with Gasteiger partial charge in [0.15, 0.2) is 0 Å². The summed E-state index contributed by atoms with van der Waals surface area (Å²) in [6.07, 6.45) is 0. The molecule has 0 saturated carbocycles. The Hall–Kier alpha value is -0.980. The zero-order valence-electron chi connectivity index (χ0n) is 9.28. The van der Waals surface area contributed by atoms with Crippen molar-refractivity contribution in [1.29, 1.82) is 0 Å². The highest BCUT2D eigenvalue weighted by Crippen LogP contribution is 2.50. The molecule has 1 aliphatic rings. The first-order chi connectivity index (χ1) is 8.56. The van der Waals surface area contributed by atoms with Gasteiger partial charge in [0.2, 0.25) is 0 Å². The fourth-order valence-electron chi connectivity index (χ4n) is 1.89. The van der Waals surface area contributed by atoms with Gasteiger partial charge >= 0.3 is 5.97 Å². The summed E-state index contributed by atoms with van der Waals surface area (Å²) < 4.78 is 1.99. The Bertz CT molecular complexity index is 666. The number of carboxylic acid groups (broad SMARTS) is 1. The molecule has 0 spiro atoms. The van der Waals surface area contributed by atoms with Crippen LogP contribution in [0.4, 0.5) is 11.4 Å². The van der Waals surface area contributed by atoms with Crippen LogP contribution >= 0.6 is 39.0 Å². The van der Waals surface area contributed by atoms with E-state index >= 15 is 0 Å². The van der Waals surface area contributed by atoms with E-state index in [9.17, 15) is 9.90 Å². The SMILES string of the molecule is Cc1sc2c(c1C(=O)O)Nc1cc(Br)ccc1S2. The zero-order chi connectivity index (χ0) is 12.9. The summed E-state index contributed by atoms with van der Waals surface area (Å²) in [5, 5.41) is 12.5. The molecular formula is C12H8BrNO2S2. The topological polar surface area (TPSA) is 49.3 Å². The number of halogens is 1. The summed E-state index contributed by atoms with van der Waals surface area (Å²) in [4.78, 5) is 13.2. The molecule has 18 heavy (non-hydrogen) atoms. The fraction of sp³-hybridized carbons (Fsp3) is 0.0833. The van der Waals surface area contributed by atoms with Crippen molar-refractivity contribution in [2.45, 2.75) is 16.0 Å². The lowest BCUT2D eigenvalue weighted by atomic mass is 10.2. The Morgan fingerprint density at radius 3 is 2.94 bits per heavy atom. The second kappa shape index (κ2) is 4.29. The molecule has 0 unspecified atom stereocenters. The molecule has 2 heterocycles. The fourth-order valence-corrected chi connectivity index (χ4v) is 4.69. The lowest BCUT2D eigenvalue weighted by Crippen LogP contribution is -2.04. The standard InChI is InChI=1S/C12H8BrNO2S2/c1-5-9(11(15)16)10-12(17-5)18-8-3-2-6(13)4-7(8)14-10/h2-4,14H,1H3,(H,15,16). The van der Waals surface area contributed by atoms with Gasteiger partial charge in [-0.05, 0) is 25.1 Å². The van der Waals surface area contributed by atoms with Crippen molar-refractivity contribution in [3.05, 3.63) is 33.1 Å². The number of aromatic carboxylic acids is 1. The molecule has 6 heteroatoms. The highest BCUT2D eigenvalue weighted by atomic mass is 79.9. The molecule has 92 valence electrons. The maximum atomic E-state index is 11.3. The minimum Gasteiger partial charge on any atom is -0.478 e. The predicted molar refractivity (Wildman–Crippen MR) is 77.6 cm³/mol. The van der Waals surface area contributed by atoms with Gasteiger partial charge in [-0.2, -0.15) is 0 Å². The number of benzene rings is 1. The van der Waals surface area contributed by atoms with Crippen molar-refractivity contribution in [1.82, 2.24) is 0 Å². The van der Waals surface area contributed by atoms with Crippen LogP contribution in [-0.4, -0.2) is 11.1 Å². The van der Waals surface area contributed by atoms with Gasteiger partial charge in [0.05, 0.1) is 21.1 Å². The molecule has 3 rings (SSSR count). The normalized spacial score (nSPS) is 12.6. The first-order valence-corrected chi connectivity index (χ1v) is 7.60. The molecule has 0 aliphatic carbocycles. The summed E-state index contributed by atoms with van der Waals surface area (Å²) in [6.45, 7) is 1.84. The molecule has 1 aromatic heterocycles. The highest BCUT2D eigenvalue weighted by Gasteiger charge is 2.26. The Balaban J connectivity index is 2.14. The van der Waals surface area contributed by atoms with Gasteiger partial charge in [0.1, 0.15) is 0 Å². The van der Waals surface area contributed by atoms with Crippen molar-refractivity contribution >= 4 is 56.4 Å². The summed E-state index contributed by atoms with van der Waals surface area (Å²) in [6, 6.07) is 5.97. The maximum absolute atomic E-state index is 11.3. The molecule has 2 N–H and O–H groups in total. The van der Waals surface area contributed by atoms with Crippen LogP contribution in [0.5, 0.6) is 0 Å². The second-order valence-electron chi connectivity index (χ2n) is 3.87. The third-order valence-corrected chi connectivity index (χ3v) is 5.53. The first kappa shape index (κ1) is 12.1. The van der Waals surface area contributed by atoms with Crippen molar-refractivity contribution in [2.75, 3.05) is 5.32 Å². The van der Waals surface area contributed by atoms with Gasteiger partial charge in [-0.1, -0.05) is 27.7 Å².